The van der Waals surface area contributed by atoms with Crippen molar-refractivity contribution >= 4 is 5.69 Å². The van der Waals surface area contributed by atoms with Gasteiger partial charge in [-0.25, -0.2) is 4.39 Å². The molecule has 1 aromatic rings. The first-order valence-electron chi connectivity index (χ1n) is 5.11. The standard InChI is InChI=1S/C12H15FN2/c1-3-9(2)8-15-12-5-4-10(7-14)6-11(12)13/h4-6,9,15H,3,8H2,1-2H3. The summed E-state index contributed by atoms with van der Waals surface area (Å²) in [5.41, 5.74) is 0.816. The number of benzene rings is 1. The number of halogens is 1. The van der Waals surface area contributed by atoms with E-state index >= 15 is 0 Å². The Bertz CT molecular complexity index is 368. The van der Waals surface area contributed by atoms with E-state index in [0.29, 0.717) is 17.2 Å². The molecule has 1 rings (SSSR count). The van der Waals surface area contributed by atoms with E-state index in [-0.39, 0.29) is 5.82 Å². The zero-order valence-corrected chi connectivity index (χ0v) is 9.05. The Morgan fingerprint density at radius 3 is 2.80 bits per heavy atom. The maximum Gasteiger partial charge on any atom is 0.147 e. The first-order valence-corrected chi connectivity index (χ1v) is 5.11. The number of hydrogen-bond acceptors (Lipinski definition) is 2. The summed E-state index contributed by atoms with van der Waals surface area (Å²) in [5.74, 6) is 0.150. The SMILES string of the molecule is CCC(C)CNc1ccc(C#N)cc1F. The molecule has 0 fully saturated rings. The van der Waals surface area contributed by atoms with Crippen LogP contribution in [0.25, 0.3) is 0 Å². The van der Waals surface area contributed by atoms with Crippen LogP contribution < -0.4 is 5.32 Å². The quantitative estimate of drug-likeness (QED) is 0.821. The molecular weight excluding hydrogens is 191 g/mol. The highest BCUT2D eigenvalue weighted by atomic mass is 19.1. The Balaban J connectivity index is 2.67. The Morgan fingerprint density at radius 2 is 2.27 bits per heavy atom. The average molecular weight is 206 g/mol. The fourth-order valence-corrected chi connectivity index (χ4v) is 1.16. The van der Waals surface area contributed by atoms with Crippen LogP contribution in [-0.2, 0) is 0 Å². The highest BCUT2D eigenvalue weighted by molar-refractivity contribution is 5.48. The lowest BCUT2D eigenvalue weighted by atomic mass is 10.1. The second-order valence-electron chi connectivity index (χ2n) is 3.70. The lowest BCUT2D eigenvalue weighted by Gasteiger charge is -2.11. The van der Waals surface area contributed by atoms with E-state index < -0.39 is 0 Å². The van der Waals surface area contributed by atoms with Gasteiger partial charge < -0.3 is 5.32 Å². The Morgan fingerprint density at radius 1 is 1.53 bits per heavy atom. The second-order valence-corrected chi connectivity index (χ2v) is 3.70. The number of nitrogens with one attached hydrogen (secondary N) is 1. The van der Waals surface area contributed by atoms with E-state index in [1.165, 1.54) is 6.07 Å². The van der Waals surface area contributed by atoms with E-state index in [1.807, 2.05) is 6.07 Å². The number of nitrogens with zero attached hydrogens (tertiary/aromatic N) is 1. The molecule has 0 aliphatic heterocycles. The average Bonchev–Trinajstić information content (AvgIpc) is 2.26. The van der Waals surface area contributed by atoms with Gasteiger partial charge in [-0.15, -0.1) is 0 Å². The number of hydrogen-bond donors (Lipinski definition) is 1. The van der Waals surface area contributed by atoms with Crippen molar-refractivity contribution in [1.82, 2.24) is 0 Å². The molecule has 0 radical (unpaired) electrons. The van der Waals surface area contributed by atoms with Crippen molar-refractivity contribution in [3.05, 3.63) is 29.6 Å². The minimum atomic E-state index is -0.364. The number of rotatable bonds is 4. The summed E-state index contributed by atoms with van der Waals surface area (Å²) in [6.07, 6.45) is 1.06. The Hall–Kier alpha value is -1.56. The van der Waals surface area contributed by atoms with Crippen molar-refractivity contribution in [2.75, 3.05) is 11.9 Å². The van der Waals surface area contributed by atoms with Crippen molar-refractivity contribution in [2.24, 2.45) is 5.92 Å². The van der Waals surface area contributed by atoms with Gasteiger partial charge in [-0.3, -0.25) is 0 Å². The molecule has 80 valence electrons. The summed E-state index contributed by atoms with van der Waals surface area (Å²) < 4.78 is 13.4. The molecular formula is C12H15FN2. The van der Waals surface area contributed by atoms with Gasteiger partial charge in [0.2, 0.25) is 0 Å². The van der Waals surface area contributed by atoms with Crippen LogP contribution in [0.2, 0.25) is 0 Å². The van der Waals surface area contributed by atoms with Gasteiger partial charge in [0.05, 0.1) is 17.3 Å². The smallest absolute Gasteiger partial charge is 0.147 e. The fourth-order valence-electron chi connectivity index (χ4n) is 1.16. The molecule has 1 N–H and O–H groups in total. The van der Waals surface area contributed by atoms with Crippen LogP contribution in [-0.4, -0.2) is 6.54 Å². The molecule has 0 aromatic heterocycles. The van der Waals surface area contributed by atoms with Gasteiger partial charge in [0, 0.05) is 6.54 Å². The largest absolute Gasteiger partial charge is 0.382 e. The number of anilines is 1. The van der Waals surface area contributed by atoms with E-state index in [2.05, 4.69) is 19.2 Å². The Kier molecular flexibility index (Phi) is 4.11. The summed E-state index contributed by atoms with van der Waals surface area (Å²) in [4.78, 5) is 0. The Labute approximate surface area is 89.7 Å². The summed E-state index contributed by atoms with van der Waals surface area (Å²) in [5, 5.41) is 11.6. The molecule has 0 amide bonds. The summed E-state index contributed by atoms with van der Waals surface area (Å²) in [6.45, 7) is 4.95. The third kappa shape index (κ3) is 3.25. The van der Waals surface area contributed by atoms with Crippen molar-refractivity contribution in [1.29, 1.82) is 5.26 Å². The molecule has 1 atom stereocenters. The number of nitriles is 1. The monoisotopic (exact) mass is 206 g/mol. The minimum absolute atomic E-state index is 0.349. The van der Waals surface area contributed by atoms with Crippen molar-refractivity contribution < 1.29 is 4.39 Å². The zero-order valence-electron chi connectivity index (χ0n) is 9.05. The molecule has 0 aliphatic rings. The molecule has 0 spiro atoms. The van der Waals surface area contributed by atoms with Gasteiger partial charge in [0.15, 0.2) is 0 Å². The van der Waals surface area contributed by atoms with E-state index in [0.717, 1.165) is 13.0 Å². The van der Waals surface area contributed by atoms with Crippen LogP contribution >= 0.6 is 0 Å². The molecule has 0 saturated carbocycles. The predicted molar refractivity (Wildman–Crippen MR) is 59.1 cm³/mol. The molecule has 0 heterocycles. The van der Waals surface area contributed by atoms with E-state index in [4.69, 9.17) is 5.26 Å². The first kappa shape index (κ1) is 11.5. The van der Waals surface area contributed by atoms with Crippen LogP contribution in [0.15, 0.2) is 18.2 Å². The lowest BCUT2D eigenvalue weighted by molar-refractivity contribution is 0.585. The topological polar surface area (TPSA) is 35.8 Å². The maximum atomic E-state index is 13.4. The van der Waals surface area contributed by atoms with Gasteiger partial charge in [-0.2, -0.15) is 5.26 Å². The second kappa shape index (κ2) is 5.35. The fraction of sp³-hybridized carbons (Fsp3) is 0.417. The van der Waals surface area contributed by atoms with E-state index in [1.54, 1.807) is 12.1 Å². The van der Waals surface area contributed by atoms with Gasteiger partial charge in [-0.05, 0) is 24.1 Å². The van der Waals surface area contributed by atoms with Crippen LogP contribution in [0.1, 0.15) is 25.8 Å². The molecule has 1 aromatic carbocycles. The third-order valence-electron chi connectivity index (χ3n) is 2.44. The minimum Gasteiger partial charge on any atom is -0.382 e. The van der Waals surface area contributed by atoms with E-state index in [9.17, 15) is 4.39 Å². The highest BCUT2D eigenvalue weighted by Gasteiger charge is 2.04. The highest BCUT2D eigenvalue weighted by Crippen LogP contribution is 2.16. The molecule has 0 bridgehead atoms. The first-order chi connectivity index (χ1) is 7.17. The van der Waals surface area contributed by atoms with Crippen LogP contribution in [0.4, 0.5) is 10.1 Å². The summed E-state index contributed by atoms with van der Waals surface area (Å²) >= 11 is 0. The van der Waals surface area contributed by atoms with Crippen LogP contribution in [0, 0.1) is 23.1 Å². The van der Waals surface area contributed by atoms with Gasteiger partial charge >= 0.3 is 0 Å². The normalized spacial score (nSPS) is 11.9. The molecule has 0 saturated heterocycles. The van der Waals surface area contributed by atoms with Gasteiger partial charge in [-0.1, -0.05) is 20.3 Å². The predicted octanol–water partition coefficient (Wildman–Crippen LogP) is 3.16. The summed E-state index contributed by atoms with van der Waals surface area (Å²) in [6, 6.07) is 6.37. The molecule has 2 nitrogen and oxygen atoms in total. The van der Waals surface area contributed by atoms with Gasteiger partial charge in [0.1, 0.15) is 5.82 Å². The molecule has 3 heteroatoms. The van der Waals surface area contributed by atoms with Crippen LogP contribution in [0.5, 0.6) is 0 Å². The summed E-state index contributed by atoms with van der Waals surface area (Å²) in [7, 11) is 0. The zero-order chi connectivity index (χ0) is 11.3. The lowest BCUT2D eigenvalue weighted by Crippen LogP contribution is -2.11. The van der Waals surface area contributed by atoms with Gasteiger partial charge in [0.25, 0.3) is 0 Å². The third-order valence-corrected chi connectivity index (χ3v) is 2.44. The maximum absolute atomic E-state index is 13.4. The molecule has 0 aliphatic carbocycles. The van der Waals surface area contributed by atoms with Crippen molar-refractivity contribution in [2.45, 2.75) is 20.3 Å². The van der Waals surface area contributed by atoms with Crippen molar-refractivity contribution in [3.8, 4) is 6.07 Å². The van der Waals surface area contributed by atoms with Crippen molar-refractivity contribution in [3.63, 3.8) is 0 Å². The molecule has 15 heavy (non-hydrogen) atoms. The molecule has 1 unspecified atom stereocenters. The van der Waals surface area contributed by atoms with Crippen LogP contribution in [0.3, 0.4) is 0 Å².